The Morgan fingerprint density at radius 2 is 1.81 bits per heavy atom. The first-order chi connectivity index (χ1) is 10.1. The number of piperidine rings is 1. The van der Waals surface area contributed by atoms with E-state index in [2.05, 4.69) is 21.9 Å². The number of rotatable bonds is 3. The largest absolute Gasteiger partial charge is 0.378 e. The van der Waals surface area contributed by atoms with E-state index in [1.807, 2.05) is 19.0 Å². The minimum atomic E-state index is 0.0638. The van der Waals surface area contributed by atoms with E-state index in [9.17, 15) is 4.79 Å². The molecule has 2 saturated heterocycles. The van der Waals surface area contributed by atoms with Gasteiger partial charge >= 0.3 is 0 Å². The number of morpholine rings is 1. The summed E-state index contributed by atoms with van der Waals surface area (Å²) in [7, 11) is 5.90. The average Bonchev–Trinajstić information content (AvgIpc) is 2.46. The third kappa shape index (κ3) is 2.78. The summed E-state index contributed by atoms with van der Waals surface area (Å²) in [5, 5.41) is 0. The van der Waals surface area contributed by atoms with Crippen LogP contribution in [-0.4, -0.2) is 67.1 Å². The lowest BCUT2D eigenvalue weighted by molar-refractivity contribution is -0.0702. The Hall–Kier alpha value is -1.53. The monoisotopic (exact) mass is 290 g/mol. The van der Waals surface area contributed by atoms with E-state index in [1.165, 1.54) is 0 Å². The Morgan fingerprint density at radius 1 is 1.24 bits per heavy atom. The van der Waals surface area contributed by atoms with Gasteiger partial charge < -0.3 is 9.64 Å². The van der Waals surface area contributed by atoms with Crippen molar-refractivity contribution >= 4 is 11.7 Å². The fourth-order valence-corrected chi connectivity index (χ4v) is 3.22. The van der Waals surface area contributed by atoms with E-state index in [-0.39, 0.29) is 11.7 Å². The molecule has 2 aliphatic rings. The molecule has 0 spiro atoms. The van der Waals surface area contributed by atoms with Crippen molar-refractivity contribution in [2.75, 3.05) is 39.3 Å². The summed E-state index contributed by atoms with van der Waals surface area (Å²) >= 11 is 0. The van der Waals surface area contributed by atoms with Gasteiger partial charge in [-0.25, -0.2) is 9.97 Å². The molecule has 21 heavy (non-hydrogen) atoms. The van der Waals surface area contributed by atoms with Crippen molar-refractivity contribution < 1.29 is 9.53 Å². The number of anilines is 1. The number of ether oxygens (including phenoxy) is 1. The highest BCUT2D eigenvalue weighted by molar-refractivity contribution is 5.97. The standard InChI is InChI=1S/C15H22N4O2/c1-18(2)15-16-6-11(7-17-15)14(20)10-4-12-8-21-9-13(5-10)19(12)3/h6-7,10,12-13H,4-5,8-9H2,1-3H3. The molecule has 3 heterocycles. The molecule has 1 aromatic heterocycles. The molecule has 2 aliphatic heterocycles. The minimum Gasteiger partial charge on any atom is -0.378 e. The van der Waals surface area contributed by atoms with Crippen molar-refractivity contribution in [3.05, 3.63) is 18.0 Å². The van der Waals surface area contributed by atoms with Crippen molar-refractivity contribution in [2.24, 2.45) is 5.92 Å². The average molecular weight is 290 g/mol. The molecule has 2 atom stereocenters. The van der Waals surface area contributed by atoms with Crippen LogP contribution in [-0.2, 0) is 4.74 Å². The molecule has 2 fully saturated rings. The van der Waals surface area contributed by atoms with E-state index < -0.39 is 0 Å². The second-order valence-electron chi connectivity index (χ2n) is 6.21. The van der Waals surface area contributed by atoms with Gasteiger partial charge in [0.2, 0.25) is 5.95 Å². The fraction of sp³-hybridized carbons (Fsp3) is 0.667. The third-order valence-corrected chi connectivity index (χ3v) is 4.58. The number of carbonyl (C=O) groups is 1. The molecule has 0 radical (unpaired) electrons. The number of carbonyl (C=O) groups excluding carboxylic acids is 1. The van der Waals surface area contributed by atoms with Gasteiger partial charge in [0.15, 0.2) is 5.78 Å². The maximum atomic E-state index is 12.7. The van der Waals surface area contributed by atoms with E-state index >= 15 is 0 Å². The van der Waals surface area contributed by atoms with Gasteiger partial charge in [0.1, 0.15) is 0 Å². The maximum Gasteiger partial charge on any atom is 0.224 e. The van der Waals surface area contributed by atoms with Crippen molar-refractivity contribution in [1.29, 1.82) is 0 Å². The quantitative estimate of drug-likeness (QED) is 0.769. The summed E-state index contributed by atoms with van der Waals surface area (Å²) in [4.78, 5) is 25.3. The van der Waals surface area contributed by atoms with Gasteiger partial charge in [-0.2, -0.15) is 0 Å². The molecule has 0 amide bonds. The first-order valence-electron chi connectivity index (χ1n) is 7.39. The Morgan fingerprint density at radius 3 is 2.33 bits per heavy atom. The SMILES string of the molecule is CN(C)c1ncc(C(=O)C2CC3COCC(C2)N3C)cn1. The molecular weight excluding hydrogens is 268 g/mol. The zero-order valence-corrected chi connectivity index (χ0v) is 12.8. The molecule has 2 bridgehead atoms. The normalized spacial score (nSPS) is 29.2. The number of Topliss-reactive ketones (excluding diaryl/α,β-unsaturated/α-hetero) is 1. The summed E-state index contributed by atoms with van der Waals surface area (Å²) in [6.45, 7) is 1.46. The lowest BCUT2D eigenvalue weighted by Gasteiger charge is -2.46. The van der Waals surface area contributed by atoms with Crippen LogP contribution in [0.2, 0.25) is 0 Å². The topological polar surface area (TPSA) is 58.6 Å². The van der Waals surface area contributed by atoms with E-state index in [1.54, 1.807) is 12.4 Å². The van der Waals surface area contributed by atoms with E-state index in [0.29, 0.717) is 23.6 Å². The molecule has 114 valence electrons. The van der Waals surface area contributed by atoms with Gasteiger partial charge in [0.25, 0.3) is 0 Å². The molecule has 0 saturated carbocycles. The smallest absolute Gasteiger partial charge is 0.224 e. The Labute approximate surface area is 125 Å². The van der Waals surface area contributed by atoms with Crippen LogP contribution in [0.5, 0.6) is 0 Å². The van der Waals surface area contributed by atoms with Crippen LogP contribution < -0.4 is 4.90 Å². The number of hydrogen-bond acceptors (Lipinski definition) is 6. The highest BCUT2D eigenvalue weighted by Crippen LogP contribution is 2.32. The summed E-state index contributed by atoms with van der Waals surface area (Å²) in [6.07, 6.45) is 5.02. The van der Waals surface area contributed by atoms with Crippen LogP contribution in [0.15, 0.2) is 12.4 Å². The Bertz CT molecular complexity index is 503. The molecule has 6 heteroatoms. The van der Waals surface area contributed by atoms with Crippen molar-refractivity contribution in [1.82, 2.24) is 14.9 Å². The third-order valence-electron chi connectivity index (χ3n) is 4.58. The first-order valence-corrected chi connectivity index (χ1v) is 7.39. The zero-order chi connectivity index (χ0) is 15.0. The van der Waals surface area contributed by atoms with Crippen molar-refractivity contribution in [3.63, 3.8) is 0 Å². The maximum absolute atomic E-state index is 12.7. The van der Waals surface area contributed by atoms with Gasteiger partial charge in [0, 0.05) is 44.5 Å². The molecule has 0 aliphatic carbocycles. The second kappa shape index (κ2) is 5.69. The van der Waals surface area contributed by atoms with Gasteiger partial charge in [-0.1, -0.05) is 0 Å². The highest BCUT2D eigenvalue weighted by Gasteiger charge is 2.39. The van der Waals surface area contributed by atoms with Crippen LogP contribution in [0.3, 0.4) is 0 Å². The van der Waals surface area contributed by atoms with Gasteiger partial charge in [-0.3, -0.25) is 9.69 Å². The molecule has 1 aromatic rings. The van der Waals surface area contributed by atoms with Crippen LogP contribution in [0, 0.1) is 5.92 Å². The predicted molar refractivity (Wildman–Crippen MR) is 79.6 cm³/mol. The van der Waals surface area contributed by atoms with Gasteiger partial charge in [0.05, 0.1) is 18.8 Å². The van der Waals surface area contributed by atoms with Gasteiger partial charge in [-0.15, -0.1) is 0 Å². The van der Waals surface area contributed by atoms with Crippen LogP contribution in [0.4, 0.5) is 5.95 Å². The lowest BCUT2D eigenvalue weighted by atomic mass is 9.81. The molecule has 2 unspecified atom stereocenters. The predicted octanol–water partition coefficient (Wildman–Crippen LogP) is 0.834. The molecule has 0 aromatic carbocycles. The molecular formula is C15H22N4O2. The number of fused-ring (bicyclic) bond motifs is 2. The number of nitrogens with zero attached hydrogens (tertiary/aromatic N) is 4. The van der Waals surface area contributed by atoms with Crippen molar-refractivity contribution in [2.45, 2.75) is 24.9 Å². The number of ketones is 1. The number of aromatic nitrogens is 2. The first kappa shape index (κ1) is 14.4. The van der Waals surface area contributed by atoms with Crippen molar-refractivity contribution in [3.8, 4) is 0 Å². The highest BCUT2D eigenvalue weighted by atomic mass is 16.5. The Kier molecular flexibility index (Phi) is 3.91. The van der Waals surface area contributed by atoms with Gasteiger partial charge in [-0.05, 0) is 19.9 Å². The van der Waals surface area contributed by atoms with Crippen LogP contribution in [0.25, 0.3) is 0 Å². The van der Waals surface area contributed by atoms with Crippen LogP contribution in [0.1, 0.15) is 23.2 Å². The van der Waals surface area contributed by atoms with E-state index in [0.717, 1.165) is 26.1 Å². The summed E-state index contributed by atoms with van der Waals surface area (Å²) < 4.78 is 5.60. The fourth-order valence-electron chi connectivity index (χ4n) is 3.22. The Balaban J connectivity index is 1.73. The zero-order valence-electron chi connectivity index (χ0n) is 12.8. The molecule has 0 N–H and O–H groups in total. The summed E-state index contributed by atoms with van der Waals surface area (Å²) in [5.41, 5.74) is 0.620. The van der Waals surface area contributed by atoms with Crippen LogP contribution >= 0.6 is 0 Å². The summed E-state index contributed by atoms with van der Waals surface area (Å²) in [6, 6.07) is 0.710. The minimum absolute atomic E-state index is 0.0638. The lowest BCUT2D eigenvalue weighted by Crippen LogP contribution is -2.55. The number of hydrogen-bond donors (Lipinski definition) is 0. The van der Waals surface area contributed by atoms with E-state index in [4.69, 9.17) is 4.74 Å². The number of likely N-dealkylation sites (N-methyl/N-ethyl adjacent to an activating group) is 1. The molecule has 3 rings (SSSR count). The summed E-state index contributed by atoms with van der Waals surface area (Å²) in [5.74, 6) is 0.861. The second-order valence-corrected chi connectivity index (χ2v) is 6.21. The molecule has 6 nitrogen and oxygen atoms in total.